The first kappa shape index (κ1) is 20.0. The Bertz CT molecular complexity index is 528. The van der Waals surface area contributed by atoms with E-state index in [4.69, 9.17) is 0 Å². The molecule has 0 saturated heterocycles. The van der Waals surface area contributed by atoms with Gasteiger partial charge in [0, 0.05) is 32.2 Å². The summed E-state index contributed by atoms with van der Waals surface area (Å²) < 4.78 is 0. The molecule has 1 amide bonds. The van der Waals surface area contributed by atoms with Crippen molar-refractivity contribution in [3.63, 3.8) is 0 Å². The Morgan fingerprint density at radius 3 is 2.75 bits per heavy atom. The van der Waals surface area contributed by atoms with E-state index in [9.17, 15) is 4.79 Å². The van der Waals surface area contributed by atoms with Gasteiger partial charge < -0.3 is 16.0 Å². The molecule has 1 aromatic carbocycles. The zero-order chi connectivity index (χ0) is 17.8. The van der Waals surface area contributed by atoms with Gasteiger partial charge in [0.15, 0.2) is 5.96 Å². The SMILES string of the molecule is CCCCCC(C)NC(=NC)NCCc1cccc(C(=O)NC)c1. The fourth-order valence-electron chi connectivity index (χ4n) is 2.54. The van der Waals surface area contributed by atoms with Crippen molar-refractivity contribution in [2.45, 2.75) is 52.0 Å². The highest BCUT2D eigenvalue weighted by Gasteiger charge is 2.06. The molecule has 0 bridgehead atoms. The molecule has 0 aromatic heterocycles. The molecule has 1 aromatic rings. The first-order valence-electron chi connectivity index (χ1n) is 8.88. The minimum Gasteiger partial charge on any atom is -0.356 e. The lowest BCUT2D eigenvalue weighted by molar-refractivity contribution is 0.0963. The number of nitrogens with one attached hydrogen (secondary N) is 3. The minimum atomic E-state index is -0.0526. The normalized spacial score (nSPS) is 12.6. The van der Waals surface area contributed by atoms with E-state index in [1.54, 1.807) is 14.1 Å². The van der Waals surface area contributed by atoms with Gasteiger partial charge in [-0.1, -0.05) is 38.3 Å². The van der Waals surface area contributed by atoms with E-state index in [1.165, 1.54) is 19.3 Å². The summed E-state index contributed by atoms with van der Waals surface area (Å²) in [6.45, 7) is 5.19. The van der Waals surface area contributed by atoms with Crippen LogP contribution in [0.2, 0.25) is 0 Å². The predicted molar refractivity (Wildman–Crippen MR) is 102 cm³/mol. The van der Waals surface area contributed by atoms with Gasteiger partial charge in [-0.05, 0) is 37.5 Å². The van der Waals surface area contributed by atoms with Gasteiger partial charge in [0.2, 0.25) is 0 Å². The molecule has 0 aliphatic rings. The molecule has 0 aliphatic heterocycles. The van der Waals surface area contributed by atoms with Crippen LogP contribution in [-0.4, -0.2) is 38.5 Å². The maximum atomic E-state index is 11.7. The van der Waals surface area contributed by atoms with Gasteiger partial charge in [0.1, 0.15) is 0 Å². The van der Waals surface area contributed by atoms with E-state index < -0.39 is 0 Å². The predicted octanol–water partition coefficient (Wildman–Crippen LogP) is 2.72. The van der Waals surface area contributed by atoms with Crippen LogP contribution in [-0.2, 0) is 6.42 Å². The fourth-order valence-corrected chi connectivity index (χ4v) is 2.54. The van der Waals surface area contributed by atoms with E-state index in [0.717, 1.165) is 30.9 Å². The Morgan fingerprint density at radius 1 is 1.29 bits per heavy atom. The molecule has 134 valence electrons. The van der Waals surface area contributed by atoms with Crippen molar-refractivity contribution < 1.29 is 4.79 Å². The molecule has 0 fully saturated rings. The highest BCUT2D eigenvalue weighted by atomic mass is 16.1. The number of carbonyl (C=O) groups excluding carboxylic acids is 1. The average Bonchev–Trinajstić information content (AvgIpc) is 2.60. The van der Waals surface area contributed by atoms with Crippen molar-refractivity contribution in [1.29, 1.82) is 0 Å². The summed E-state index contributed by atoms with van der Waals surface area (Å²) >= 11 is 0. The quantitative estimate of drug-likeness (QED) is 0.370. The summed E-state index contributed by atoms with van der Waals surface area (Å²) in [6, 6.07) is 8.14. The van der Waals surface area contributed by atoms with Crippen LogP contribution in [0.4, 0.5) is 0 Å². The van der Waals surface area contributed by atoms with Crippen LogP contribution in [0.3, 0.4) is 0 Å². The highest BCUT2D eigenvalue weighted by Crippen LogP contribution is 2.06. The molecule has 0 aliphatic carbocycles. The monoisotopic (exact) mass is 332 g/mol. The number of carbonyl (C=O) groups is 1. The fraction of sp³-hybridized carbons (Fsp3) is 0.579. The molecule has 3 N–H and O–H groups in total. The zero-order valence-corrected chi connectivity index (χ0v) is 15.5. The summed E-state index contributed by atoms with van der Waals surface area (Å²) in [7, 11) is 3.44. The molecule has 1 rings (SSSR count). The van der Waals surface area contributed by atoms with Crippen LogP contribution in [0.1, 0.15) is 55.5 Å². The molecule has 24 heavy (non-hydrogen) atoms. The number of benzene rings is 1. The number of rotatable bonds is 9. The number of nitrogens with zero attached hydrogens (tertiary/aromatic N) is 1. The van der Waals surface area contributed by atoms with Crippen molar-refractivity contribution in [3.05, 3.63) is 35.4 Å². The van der Waals surface area contributed by atoms with Crippen LogP contribution in [0, 0.1) is 0 Å². The van der Waals surface area contributed by atoms with Crippen LogP contribution in [0.25, 0.3) is 0 Å². The van der Waals surface area contributed by atoms with E-state index in [1.807, 2.05) is 24.3 Å². The molecule has 1 unspecified atom stereocenters. The van der Waals surface area contributed by atoms with E-state index in [0.29, 0.717) is 11.6 Å². The lowest BCUT2D eigenvalue weighted by atomic mass is 10.1. The van der Waals surface area contributed by atoms with Crippen molar-refractivity contribution in [2.75, 3.05) is 20.6 Å². The number of unbranched alkanes of at least 4 members (excludes halogenated alkanes) is 2. The number of amides is 1. The van der Waals surface area contributed by atoms with Crippen molar-refractivity contribution >= 4 is 11.9 Å². The summed E-state index contributed by atoms with van der Waals surface area (Å²) in [5, 5.41) is 9.42. The molecule has 0 saturated carbocycles. The zero-order valence-electron chi connectivity index (χ0n) is 15.5. The Balaban J connectivity index is 2.40. The molecular formula is C19H32N4O. The third-order valence-electron chi connectivity index (χ3n) is 3.97. The van der Waals surface area contributed by atoms with Crippen LogP contribution in [0.5, 0.6) is 0 Å². The lowest BCUT2D eigenvalue weighted by Crippen LogP contribution is -2.42. The van der Waals surface area contributed by atoms with Crippen molar-refractivity contribution in [1.82, 2.24) is 16.0 Å². The van der Waals surface area contributed by atoms with Gasteiger partial charge in [-0.2, -0.15) is 0 Å². The molecular weight excluding hydrogens is 300 g/mol. The Morgan fingerprint density at radius 2 is 2.08 bits per heavy atom. The second-order valence-corrected chi connectivity index (χ2v) is 6.07. The second-order valence-electron chi connectivity index (χ2n) is 6.07. The smallest absolute Gasteiger partial charge is 0.251 e. The number of hydrogen-bond acceptors (Lipinski definition) is 2. The first-order chi connectivity index (χ1) is 11.6. The molecule has 0 spiro atoms. The topological polar surface area (TPSA) is 65.5 Å². The van der Waals surface area contributed by atoms with E-state index in [-0.39, 0.29) is 5.91 Å². The average molecular weight is 332 g/mol. The van der Waals surface area contributed by atoms with Gasteiger partial charge in [0.05, 0.1) is 0 Å². The number of guanidine groups is 1. The van der Waals surface area contributed by atoms with Gasteiger partial charge in [-0.15, -0.1) is 0 Å². The highest BCUT2D eigenvalue weighted by molar-refractivity contribution is 5.94. The molecule has 0 heterocycles. The van der Waals surface area contributed by atoms with Crippen LogP contribution >= 0.6 is 0 Å². The molecule has 0 radical (unpaired) electrons. The summed E-state index contributed by atoms with van der Waals surface area (Å²) in [5.41, 5.74) is 1.83. The summed E-state index contributed by atoms with van der Waals surface area (Å²) in [6.07, 6.45) is 5.76. The molecule has 5 nitrogen and oxygen atoms in total. The van der Waals surface area contributed by atoms with Gasteiger partial charge in [-0.3, -0.25) is 9.79 Å². The standard InChI is InChI=1S/C19H32N4O/c1-5-6-7-9-15(2)23-19(21-4)22-13-12-16-10-8-11-17(14-16)18(24)20-3/h8,10-11,14-15H,5-7,9,12-13H2,1-4H3,(H,20,24)(H2,21,22,23). The lowest BCUT2D eigenvalue weighted by Gasteiger charge is -2.18. The Kier molecular flexibility index (Phi) is 9.58. The first-order valence-corrected chi connectivity index (χ1v) is 8.88. The molecule has 5 heteroatoms. The van der Waals surface area contributed by atoms with Gasteiger partial charge in [-0.25, -0.2) is 0 Å². The minimum absolute atomic E-state index is 0.0526. The Labute approximate surface area is 146 Å². The second kappa shape index (κ2) is 11.5. The van der Waals surface area contributed by atoms with Gasteiger partial charge in [0.25, 0.3) is 5.91 Å². The Hall–Kier alpha value is -2.04. The van der Waals surface area contributed by atoms with E-state index in [2.05, 4.69) is 34.8 Å². The summed E-state index contributed by atoms with van der Waals surface area (Å²) in [5.74, 6) is 0.782. The third kappa shape index (κ3) is 7.49. The number of aliphatic imine (C=N–C) groups is 1. The van der Waals surface area contributed by atoms with Gasteiger partial charge >= 0.3 is 0 Å². The molecule has 1 atom stereocenters. The number of hydrogen-bond donors (Lipinski definition) is 3. The maximum Gasteiger partial charge on any atom is 0.251 e. The maximum absolute atomic E-state index is 11.7. The summed E-state index contributed by atoms with van der Waals surface area (Å²) in [4.78, 5) is 15.9. The third-order valence-corrected chi connectivity index (χ3v) is 3.97. The van der Waals surface area contributed by atoms with Crippen LogP contribution in [0.15, 0.2) is 29.3 Å². The van der Waals surface area contributed by atoms with E-state index >= 15 is 0 Å². The largest absolute Gasteiger partial charge is 0.356 e. The van der Waals surface area contributed by atoms with Crippen molar-refractivity contribution in [2.24, 2.45) is 4.99 Å². The van der Waals surface area contributed by atoms with Crippen molar-refractivity contribution in [3.8, 4) is 0 Å². The van der Waals surface area contributed by atoms with Crippen LogP contribution < -0.4 is 16.0 Å².